The normalized spacial score (nSPS) is 27.1. The molecule has 1 unspecified atom stereocenters. The number of ether oxygens (including phenoxy) is 1. The molecule has 98 valence electrons. The molecular formula is C13H24N2O2. The summed E-state index contributed by atoms with van der Waals surface area (Å²) in [6.45, 7) is 7.22. The van der Waals surface area contributed by atoms with Gasteiger partial charge in [-0.2, -0.15) is 0 Å². The van der Waals surface area contributed by atoms with E-state index in [0.29, 0.717) is 12.5 Å². The van der Waals surface area contributed by atoms with Gasteiger partial charge < -0.3 is 15.4 Å². The third kappa shape index (κ3) is 2.15. The highest BCUT2D eigenvalue weighted by atomic mass is 16.6. The van der Waals surface area contributed by atoms with Crippen LogP contribution >= 0.6 is 0 Å². The second kappa shape index (κ2) is 4.16. The molecule has 4 nitrogen and oxygen atoms in total. The van der Waals surface area contributed by atoms with Crippen molar-refractivity contribution >= 4 is 6.09 Å². The van der Waals surface area contributed by atoms with Gasteiger partial charge in [0, 0.05) is 6.54 Å². The summed E-state index contributed by atoms with van der Waals surface area (Å²) in [6.07, 6.45) is 4.25. The van der Waals surface area contributed by atoms with Crippen molar-refractivity contribution < 1.29 is 9.53 Å². The van der Waals surface area contributed by atoms with Gasteiger partial charge in [-0.05, 0) is 58.9 Å². The molecule has 2 fully saturated rings. The lowest BCUT2D eigenvalue weighted by molar-refractivity contribution is -0.0209. The molecule has 1 atom stereocenters. The molecular weight excluding hydrogens is 216 g/mol. The van der Waals surface area contributed by atoms with Crippen LogP contribution in [0.3, 0.4) is 0 Å². The minimum atomic E-state index is -0.414. The summed E-state index contributed by atoms with van der Waals surface area (Å²) in [5.41, 5.74) is 5.44. The number of carbonyl (C=O) groups is 1. The first-order valence-corrected chi connectivity index (χ1v) is 6.60. The van der Waals surface area contributed by atoms with E-state index in [4.69, 9.17) is 10.5 Å². The predicted octanol–water partition coefficient (Wildman–Crippen LogP) is 2.12. The summed E-state index contributed by atoms with van der Waals surface area (Å²) in [6, 6.07) is 0. The van der Waals surface area contributed by atoms with Crippen molar-refractivity contribution in [1.29, 1.82) is 0 Å². The van der Waals surface area contributed by atoms with Gasteiger partial charge in [0.05, 0.1) is 5.54 Å². The zero-order valence-corrected chi connectivity index (χ0v) is 11.2. The van der Waals surface area contributed by atoms with Crippen molar-refractivity contribution in [2.75, 3.05) is 13.1 Å². The van der Waals surface area contributed by atoms with E-state index in [1.165, 1.54) is 6.42 Å². The highest BCUT2D eigenvalue weighted by molar-refractivity contribution is 5.70. The molecule has 0 aromatic rings. The van der Waals surface area contributed by atoms with E-state index in [0.717, 1.165) is 25.8 Å². The van der Waals surface area contributed by atoms with Crippen LogP contribution in [-0.4, -0.2) is 35.2 Å². The fourth-order valence-corrected chi connectivity index (χ4v) is 3.14. The van der Waals surface area contributed by atoms with E-state index < -0.39 is 5.60 Å². The number of hydrogen-bond donors (Lipinski definition) is 1. The number of hydrogen-bond acceptors (Lipinski definition) is 3. The first-order valence-electron chi connectivity index (χ1n) is 6.60. The Balaban J connectivity index is 2.08. The van der Waals surface area contributed by atoms with Gasteiger partial charge in [-0.3, -0.25) is 0 Å². The Hall–Kier alpha value is -0.770. The molecule has 2 rings (SSSR count). The summed E-state index contributed by atoms with van der Waals surface area (Å²) in [5, 5.41) is 0. The van der Waals surface area contributed by atoms with Gasteiger partial charge in [0.15, 0.2) is 0 Å². The number of likely N-dealkylation sites (tertiary alicyclic amines) is 1. The molecule has 1 aliphatic heterocycles. The van der Waals surface area contributed by atoms with E-state index in [1.807, 2.05) is 25.7 Å². The number of carbonyl (C=O) groups excluding carboxylic acids is 1. The molecule has 0 aromatic carbocycles. The molecule has 0 aromatic heterocycles. The zero-order chi connectivity index (χ0) is 12.7. The average molecular weight is 240 g/mol. The van der Waals surface area contributed by atoms with Gasteiger partial charge >= 0.3 is 6.09 Å². The zero-order valence-electron chi connectivity index (χ0n) is 11.2. The predicted molar refractivity (Wildman–Crippen MR) is 66.7 cm³/mol. The smallest absolute Gasteiger partial charge is 0.410 e. The summed E-state index contributed by atoms with van der Waals surface area (Å²) in [7, 11) is 0. The standard InChI is InChI=1S/C13H24N2O2/c1-12(2,3)17-11(16)15-8-5-10(9-14)13(15)6-4-7-13/h10H,4-9,14H2,1-3H3. The van der Waals surface area contributed by atoms with Gasteiger partial charge in [0.25, 0.3) is 0 Å². The summed E-state index contributed by atoms with van der Waals surface area (Å²) < 4.78 is 5.49. The maximum Gasteiger partial charge on any atom is 0.410 e. The van der Waals surface area contributed by atoms with Crippen LogP contribution in [0.1, 0.15) is 46.5 Å². The third-order valence-electron chi connectivity index (χ3n) is 4.12. The highest BCUT2D eigenvalue weighted by Crippen LogP contribution is 2.49. The molecule has 1 saturated carbocycles. The molecule has 0 bridgehead atoms. The van der Waals surface area contributed by atoms with Crippen molar-refractivity contribution in [3.05, 3.63) is 0 Å². The third-order valence-corrected chi connectivity index (χ3v) is 4.12. The minimum absolute atomic E-state index is 0.0249. The Bertz CT molecular complexity index is 305. The van der Waals surface area contributed by atoms with Crippen LogP contribution in [0.5, 0.6) is 0 Å². The molecule has 2 aliphatic rings. The summed E-state index contributed by atoms with van der Waals surface area (Å²) >= 11 is 0. The first kappa shape index (κ1) is 12.7. The number of rotatable bonds is 1. The van der Waals surface area contributed by atoms with Gasteiger partial charge in [-0.15, -0.1) is 0 Å². The Kier molecular flexibility index (Phi) is 3.10. The Morgan fingerprint density at radius 2 is 2.12 bits per heavy atom. The van der Waals surface area contributed by atoms with Crippen molar-refractivity contribution in [3.8, 4) is 0 Å². The average Bonchev–Trinajstić information content (AvgIpc) is 2.52. The molecule has 4 heteroatoms. The molecule has 1 amide bonds. The molecule has 2 N–H and O–H groups in total. The van der Waals surface area contributed by atoms with E-state index in [9.17, 15) is 4.79 Å². The van der Waals surface area contributed by atoms with E-state index in [1.54, 1.807) is 0 Å². The first-order chi connectivity index (χ1) is 7.89. The van der Waals surface area contributed by atoms with Crippen molar-refractivity contribution in [3.63, 3.8) is 0 Å². The summed E-state index contributed by atoms with van der Waals surface area (Å²) in [5.74, 6) is 0.462. The number of amides is 1. The van der Waals surface area contributed by atoms with E-state index in [-0.39, 0.29) is 11.6 Å². The van der Waals surface area contributed by atoms with Crippen LogP contribution in [0, 0.1) is 5.92 Å². The lowest BCUT2D eigenvalue weighted by Gasteiger charge is -2.49. The van der Waals surface area contributed by atoms with Gasteiger partial charge in [-0.1, -0.05) is 0 Å². The van der Waals surface area contributed by atoms with Crippen molar-refractivity contribution in [1.82, 2.24) is 4.90 Å². The van der Waals surface area contributed by atoms with Crippen LogP contribution in [0.15, 0.2) is 0 Å². The Morgan fingerprint density at radius 1 is 1.47 bits per heavy atom. The Morgan fingerprint density at radius 3 is 2.53 bits per heavy atom. The molecule has 1 aliphatic carbocycles. The van der Waals surface area contributed by atoms with Crippen molar-refractivity contribution in [2.45, 2.75) is 57.6 Å². The van der Waals surface area contributed by atoms with Crippen LogP contribution in [0.2, 0.25) is 0 Å². The van der Waals surface area contributed by atoms with E-state index in [2.05, 4.69) is 0 Å². The van der Waals surface area contributed by atoms with Crippen molar-refractivity contribution in [2.24, 2.45) is 11.7 Å². The van der Waals surface area contributed by atoms with E-state index >= 15 is 0 Å². The Labute approximate surface area is 103 Å². The maximum atomic E-state index is 12.2. The number of nitrogens with two attached hydrogens (primary N) is 1. The van der Waals surface area contributed by atoms with Gasteiger partial charge in [0.2, 0.25) is 0 Å². The largest absolute Gasteiger partial charge is 0.444 e. The van der Waals surface area contributed by atoms with Crippen LogP contribution in [-0.2, 0) is 4.74 Å². The second-order valence-electron chi connectivity index (χ2n) is 6.31. The summed E-state index contributed by atoms with van der Waals surface area (Å²) in [4.78, 5) is 14.1. The van der Waals surface area contributed by atoms with Crippen LogP contribution in [0.25, 0.3) is 0 Å². The van der Waals surface area contributed by atoms with Gasteiger partial charge in [-0.25, -0.2) is 4.79 Å². The molecule has 0 radical (unpaired) electrons. The fraction of sp³-hybridized carbons (Fsp3) is 0.923. The molecule has 1 heterocycles. The van der Waals surface area contributed by atoms with Crippen LogP contribution in [0.4, 0.5) is 4.79 Å². The number of nitrogens with zero attached hydrogens (tertiary/aromatic N) is 1. The molecule has 1 saturated heterocycles. The topological polar surface area (TPSA) is 55.6 Å². The highest BCUT2D eigenvalue weighted by Gasteiger charge is 2.54. The maximum absolute atomic E-state index is 12.2. The fourth-order valence-electron chi connectivity index (χ4n) is 3.14. The lowest BCUT2D eigenvalue weighted by atomic mass is 9.68. The molecule has 1 spiro atoms. The monoisotopic (exact) mass is 240 g/mol. The quantitative estimate of drug-likeness (QED) is 0.764. The van der Waals surface area contributed by atoms with Crippen LogP contribution < -0.4 is 5.73 Å². The second-order valence-corrected chi connectivity index (χ2v) is 6.31. The SMILES string of the molecule is CC(C)(C)OC(=O)N1CCC(CN)C12CCC2. The lowest BCUT2D eigenvalue weighted by Crippen LogP contribution is -2.57. The minimum Gasteiger partial charge on any atom is -0.444 e. The van der Waals surface area contributed by atoms with Gasteiger partial charge in [0.1, 0.15) is 5.60 Å². The molecule has 17 heavy (non-hydrogen) atoms.